The van der Waals surface area contributed by atoms with E-state index in [-0.39, 0.29) is 0 Å². The van der Waals surface area contributed by atoms with Gasteiger partial charge < -0.3 is 14.6 Å². The van der Waals surface area contributed by atoms with Crippen LogP contribution in [0.5, 0.6) is 11.5 Å². The maximum atomic E-state index is 9.83. The molecule has 1 aromatic carbocycles. The van der Waals surface area contributed by atoms with Crippen LogP contribution in [0.25, 0.3) is 0 Å². The van der Waals surface area contributed by atoms with Crippen LogP contribution in [0.4, 0.5) is 0 Å². The molecule has 0 bridgehead atoms. The summed E-state index contributed by atoms with van der Waals surface area (Å²) in [5, 5.41) is 9.83. The summed E-state index contributed by atoms with van der Waals surface area (Å²) >= 11 is 0. The number of rotatable bonds is 5. The second kappa shape index (κ2) is 5.79. The molecule has 1 fully saturated rings. The highest BCUT2D eigenvalue weighted by molar-refractivity contribution is 5.44. The van der Waals surface area contributed by atoms with Gasteiger partial charge in [-0.25, -0.2) is 0 Å². The molecule has 1 saturated carbocycles. The lowest BCUT2D eigenvalue weighted by Crippen LogP contribution is -2.02. The van der Waals surface area contributed by atoms with Crippen molar-refractivity contribution in [2.45, 2.75) is 25.9 Å². The van der Waals surface area contributed by atoms with E-state index in [4.69, 9.17) is 9.47 Å². The van der Waals surface area contributed by atoms with Crippen molar-refractivity contribution in [3.8, 4) is 23.3 Å². The number of hydrogen-bond donors (Lipinski definition) is 1. The summed E-state index contributed by atoms with van der Waals surface area (Å²) < 4.78 is 11.0. The molecule has 1 aliphatic rings. The molecule has 0 aromatic heterocycles. The zero-order valence-electron chi connectivity index (χ0n) is 10.8. The summed E-state index contributed by atoms with van der Waals surface area (Å²) in [6, 6.07) is 5.41. The highest BCUT2D eigenvalue weighted by Gasteiger charge is 2.22. The Morgan fingerprint density at radius 1 is 1.39 bits per heavy atom. The molecule has 0 aliphatic heterocycles. The van der Waals surface area contributed by atoms with Gasteiger partial charge in [0.05, 0.1) is 13.7 Å². The SMILES string of the molecule is CC#CC(O)c1ccc(OC)c(OCC2CC2)c1. The van der Waals surface area contributed by atoms with Crippen molar-refractivity contribution < 1.29 is 14.6 Å². The van der Waals surface area contributed by atoms with Crippen LogP contribution < -0.4 is 9.47 Å². The van der Waals surface area contributed by atoms with E-state index in [0.29, 0.717) is 17.4 Å². The van der Waals surface area contributed by atoms with Gasteiger partial charge in [-0.1, -0.05) is 12.0 Å². The Morgan fingerprint density at radius 3 is 2.78 bits per heavy atom. The third-order valence-corrected chi connectivity index (χ3v) is 2.96. The number of benzene rings is 1. The Bertz CT molecular complexity index is 466. The minimum atomic E-state index is -0.774. The topological polar surface area (TPSA) is 38.7 Å². The molecule has 0 radical (unpaired) electrons. The molecule has 3 heteroatoms. The van der Waals surface area contributed by atoms with Crippen molar-refractivity contribution >= 4 is 0 Å². The lowest BCUT2D eigenvalue weighted by Gasteiger charge is -2.13. The maximum Gasteiger partial charge on any atom is 0.161 e. The molecular weight excluding hydrogens is 228 g/mol. The number of aliphatic hydroxyl groups is 1. The number of ether oxygens (including phenoxy) is 2. The fraction of sp³-hybridized carbons (Fsp3) is 0.467. The molecule has 1 unspecified atom stereocenters. The lowest BCUT2D eigenvalue weighted by atomic mass is 10.1. The van der Waals surface area contributed by atoms with Crippen molar-refractivity contribution in [1.29, 1.82) is 0 Å². The maximum absolute atomic E-state index is 9.83. The second-order valence-electron chi connectivity index (χ2n) is 4.46. The molecule has 0 amide bonds. The van der Waals surface area contributed by atoms with E-state index >= 15 is 0 Å². The van der Waals surface area contributed by atoms with Gasteiger partial charge in [-0.05, 0) is 43.4 Å². The highest BCUT2D eigenvalue weighted by Crippen LogP contribution is 2.34. The molecule has 1 atom stereocenters. The van der Waals surface area contributed by atoms with Gasteiger partial charge in [0.25, 0.3) is 0 Å². The third kappa shape index (κ3) is 3.18. The quantitative estimate of drug-likeness (QED) is 0.811. The Morgan fingerprint density at radius 2 is 2.17 bits per heavy atom. The predicted molar refractivity (Wildman–Crippen MR) is 69.6 cm³/mol. The third-order valence-electron chi connectivity index (χ3n) is 2.96. The average Bonchev–Trinajstić information content (AvgIpc) is 3.20. The number of aliphatic hydroxyl groups excluding tert-OH is 1. The van der Waals surface area contributed by atoms with E-state index < -0.39 is 6.10 Å². The summed E-state index contributed by atoms with van der Waals surface area (Å²) in [5.41, 5.74) is 0.732. The minimum Gasteiger partial charge on any atom is -0.493 e. The summed E-state index contributed by atoms with van der Waals surface area (Å²) in [7, 11) is 1.61. The van der Waals surface area contributed by atoms with Gasteiger partial charge >= 0.3 is 0 Å². The smallest absolute Gasteiger partial charge is 0.161 e. The van der Waals surface area contributed by atoms with E-state index in [2.05, 4.69) is 11.8 Å². The first-order valence-electron chi connectivity index (χ1n) is 6.15. The Labute approximate surface area is 108 Å². The van der Waals surface area contributed by atoms with Crippen molar-refractivity contribution in [2.24, 2.45) is 5.92 Å². The van der Waals surface area contributed by atoms with Gasteiger partial charge in [-0.3, -0.25) is 0 Å². The van der Waals surface area contributed by atoms with Crippen LogP contribution >= 0.6 is 0 Å². The van der Waals surface area contributed by atoms with Crippen LogP contribution in [0.3, 0.4) is 0 Å². The Kier molecular flexibility index (Phi) is 4.11. The molecule has 1 aromatic rings. The zero-order valence-corrected chi connectivity index (χ0v) is 10.8. The molecule has 0 heterocycles. The van der Waals surface area contributed by atoms with Gasteiger partial charge in [-0.2, -0.15) is 0 Å². The summed E-state index contributed by atoms with van der Waals surface area (Å²) in [5.74, 6) is 7.46. The van der Waals surface area contributed by atoms with Crippen LogP contribution in [0.2, 0.25) is 0 Å². The van der Waals surface area contributed by atoms with E-state index in [9.17, 15) is 5.11 Å². The highest BCUT2D eigenvalue weighted by atomic mass is 16.5. The fourth-order valence-electron chi connectivity index (χ4n) is 1.69. The summed E-state index contributed by atoms with van der Waals surface area (Å²) in [4.78, 5) is 0. The first-order chi connectivity index (χ1) is 8.74. The molecule has 2 rings (SSSR count). The monoisotopic (exact) mass is 246 g/mol. The normalized spacial score (nSPS) is 15.5. The van der Waals surface area contributed by atoms with Crippen LogP contribution in [0.1, 0.15) is 31.4 Å². The fourth-order valence-corrected chi connectivity index (χ4v) is 1.69. The first kappa shape index (κ1) is 12.8. The zero-order chi connectivity index (χ0) is 13.0. The Balaban J connectivity index is 2.16. The molecule has 18 heavy (non-hydrogen) atoms. The Hall–Kier alpha value is -1.66. The number of methoxy groups -OCH3 is 1. The molecular formula is C15H18O3. The molecule has 96 valence electrons. The molecule has 1 N–H and O–H groups in total. The van der Waals surface area contributed by atoms with Crippen molar-refractivity contribution in [3.05, 3.63) is 23.8 Å². The summed E-state index contributed by atoms with van der Waals surface area (Å²) in [6.07, 6.45) is 1.71. The average molecular weight is 246 g/mol. The molecule has 0 spiro atoms. The summed E-state index contributed by atoms with van der Waals surface area (Å²) in [6.45, 7) is 2.42. The van der Waals surface area contributed by atoms with Crippen LogP contribution in [0.15, 0.2) is 18.2 Å². The van der Waals surface area contributed by atoms with E-state index in [0.717, 1.165) is 12.2 Å². The minimum absolute atomic E-state index is 0.679. The lowest BCUT2D eigenvalue weighted by molar-refractivity contribution is 0.235. The molecule has 1 aliphatic carbocycles. The molecule has 3 nitrogen and oxygen atoms in total. The van der Waals surface area contributed by atoms with Crippen LogP contribution in [0, 0.1) is 17.8 Å². The van der Waals surface area contributed by atoms with Crippen molar-refractivity contribution in [3.63, 3.8) is 0 Å². The van der Waals surface area contributed by atoms with Crippen molar-refractivity contribution in [1.82, 2.24) is 0 Å². The van der Waals surface area contributed by atoms with Gasteiger partial charge in [0.2, 0.25) is 0 Å². The van der Waals surface area contributed by atoms with Crippen molar-refractivity contribution in [2.75, 3.05) is 13.7 Å². The van der Waals surface area contributed by atoms with Gasteiger partial charge in [0.1, 0.15) is 6.10 Å². The van der Waals surface area contributed by atoms with E-state index in [1.807, 2.05) is 0 Å². The number of hydrogen-bond acceptors (Lipinski definition) is 3. The second-order valence-corrected chi connectivity index (χ2v) is 4.46. The van der Waals surface area contributed by atoms with Crippen LogP contribution in [-0.2, 0) is 0 Å². The van der Waals surface area contributed by atoms with Gasteiger partial charge in [0, 0.05) is 0 Å². The van der Waals surface area contributed by atoms with Crippen LogP contribution in [-0.4, -0.2) is 18.8 Å². The molecule has 0 saturated heterocycles. The van der Waals surface area contributed by atoms with E-state index in [1.54, 1.807) is 32.2 Å². The van der Waals surface area contributed by atoms with E-state index in [1.165, 1.54) is 12.8 Å². The van der Waals surface area contributed by atoms with Gasteiger partial charge in [-0.15, -0.1) is 5.92 Å². The predicted octanol–water partition coefficient (Wildman–Crippen LogP) is 2.54. The standard InChI is InChI=1S/C15H18O3/c1-3-4-13(16)12-7-8-14(17-2)15(9-12)18-10-11-5-6-11/h7-9,11,13,16H,5-6,10H2,1-2H3. The largest absolute Gasteiger partial charge is 0.493 e. The van der Waals surface area contributed by atoms with Gasteiger partial charge in [0.15, 0.2) is 11.5 Å². The first-order valence-corrected chi connectivity index (χ1v) is 6.15.